The highest BCUT2D eigenvalue weighted by Crippen LogP contribution is 2.44. The number of hydrogen-bond acceptors (Lipinski definition) is 29. The number of nitrogens with two attached hydrogens (primary N) is 1. The predicted octanol–water partition coefficient (Wildman–Crippen LogP) is 4.70. The number of rotatable bonds is 65. The number of carbonyl (C=O) groups excluding carboxylic acids is 7. The molecule has 7 aromatic rings. The zero-order valence-electron chi connectivity index (χ0n) is 79.0. The van der Waals surface area contributed by atoms with Crippen molar-refractivity contribution in [2.45, 2.75) is 119 Å². The fraction of sp³-hybridized carbons (Fsp3) is 0.571. The molecule has 8 amide bonds. The number of nitrogens with zero attached hydrogens (tertiary/aromatic N) is 6. The van der Waals surface area contributed by atoms with Gasteiger partial charge in [0.25, 0.3) is 5.56 Å². The van der Waals surface area contributed by atoms with E-state index in [4.69, 9.17) is 86.8 Å². The Kier molecular flexibility index (Phi) is 45.4. The summed E-state index contributed by atoms with van der Waals surface area (Å²) in [4.78, 5) is 126. The third-order valence-electron chi connectivity index (χ3n) is 23.6. The second kappa shape index (κ2) is 58.3. The maximum absolute atomic E-state index is 14.1. The molecule has 6 heterocycles. The molecule has 4 fully saturated rings. The summed E-state index contributed by atoms with van der Waals surface area (Å²) in [6.45, 7) is 15.4. The van der Waals surface area contributed by atoms with E-state index in [1.807, 2.05) is 85.1 Å². The minimum absolute atomic E-state index is 0.0675. The number of methoxy groups -OCH3 is 2. The summed E-state index contributed by atoms with van der Waals surface area (Å²) >= 11 is 0. The highest BCUT2D eigenvalue weighted by Gasteiger charge is 2.45. The fourth-order valence-corrected chi connectivity index (χ4v) is 15.9. The first-order chi connectivity index (χ1) is 66.4. The van der Waals surface area contributed by atoms with Crippen molar-refractivity contribution in [2.75, 3.05) is 248 Å². The molecular weight excluding hydrogens is 1760 g/mol. The van der Waals surface area contributed by atoms with Crippen LogP contribution in [0.4, 0.5) is 16.4 Å². The molecule has 136 heavy (non-hydrogen) atoms. The van der Waals surface area contributed by atoms with Gasteiger partial charge in [-0.05, 0) is 118 Å². The molecule has 3 saturated heterocycles. The summed E-state index contributed by atoms with van der Waals surface area (Å²) in [6, 6.07) is 30.0. The number of likely N-dealkylation sites (tertiary alicyclic amines) is 1. The number of imide groups is 1. The lowest BCUT2D eigenvalue weighted by Crippen LogP contribution is -2.55. The summed E-state index contributed by atoms with van der Waals surface area (Å²) in [5, 5.41) is 21.2. The standard InChI is InChI=1S/C98H137N15O23/c1-97(105-34-13-16-73-20-25-85(123-4)84(65-73)113-38-29-87(115)108-96(113)121)31-39-111(40-32-97)76-27-36-112(37-28-76)95-107-82-24-21-74(80-69-110(2)94(120)90-78(80)26-35-101-90)66-79(82)91(109-95)98(136-77-22-23-77,75-17-9-6-10-18-75)70-135-71-104-88(116)67-103-93(119)83(64-72-14-7-5-8-15-72)106-89(117)68-102-92(118)81(99)19-11-12-33-100-86(114)30-41-124-44-45-126-48-49-128-52-53-130-56-57-132-60-61-134-63-62-133-59-58-131-55-54-129-51-50-127-47-46-125-43-42-122-3/h5-10,14-15,17-18,20-21,24-26,35,65-66,69,76-77,81,83,101,105H,11-12,19,22-23,27-34,36-64,67-68,70-71,99H2,1-4H3,(H,100,114)(H,102,118)(H,103,119)(H,104,116)(H,106,117)(H,108,115,121)/t81-,83-,98-/m0/s1. The van der Waals surface area contributed by atoms with Crippen LogP contribution in [0.25, 0.3) is 32.9 Å². The lowest BCUT2D eigenvalue weighted by molar-refractivity contribution is -0.131. The smallest absolute Gasteiger partial charge is 0.328 e. The van der Waals surface area contributed by atoms with Crippen molar-refractivity contribution in [1.29, 1.82) is 0 Å². The topological polar surface area (TPSA) is 441 Å². The van der Waals surface area contributed by atoms with E-state index < -0.39 is 60.4 Å². The number of anilines is 2. The van der Waals surface area contributed by atoms with E-state index in [-0.39, 0.29) is 81.2 Å². The number of nitrogens with one attached hydrogen (secondary N) is 8. The monoisotopic (exact) mass is 1890 g/mol. The molecule has 1 saturated carbocycles. The van der Waals surface area contributed by atoms with Gasteiger partial charge in [0.2, 0.25) is 41.4 Å². The number of aryl methyl sites for hydroxylation is 1. The molecule has 3 aliphatic heterocycles. The van der Waals surface area contributed by atoms with Gasteiger partial charge in [-0.15, -0.1) is 0 Å². The number of aromatic amines is 1. The number of fused-ring (bicyclic) bond motifs is 2. The number of carbonyl (C=O) groups is 7. The van der Waals surface area contributed by atoms with E-state index >= 15 is 0 Å². The summed E-state index contributed by atoms with van der Waals surface area (Å²) in [5.41, 5.74) is 10.7. The van der Waals surface area contributed by atoms with Gasteiger partial charge < -0.3 is 128 Å². The lowest BCUT2D eigenvalue weighted by Gasteiger charge is -2.45. The largest absolute Gasteiger partial charge is 0.495 e. The van der Waals surface area contributed by atoms with Crippen molar-refractivity contribution in [2.24, 2.45) is 12.8 Å². The van der Waals surface area contributed by atoms with Crippen LogP contribution in [0.2, 0.25) is 0 Å². The molecule has 38 nitrogen and oxygen atoms in total. The predicted molar refractivity (Wildman–Crippen MR) is 509 cm³/mol. The number of amides is 8. The Balaban J connectivity index is 0.571. The molecule has 4 aliphatic rings. The van der Waals surface area contributed by atoms with E-state index in [9.17, 15) is 38.4 Å². The van der Waals surface area contributed by atoms with Gasteiger partial charge in [-0.2, -0.15) is 0 Å². The number of ether oxygens (including phenoxy) is 15. The number of unbranched alkanes of at least 4 members (excludes halogenated alkanes) is 1. The minimum Gasteiger partial charge on any atom is -0.495 e. The summed E-state index contributed by atoms with van der Waals surface area (Å²) in [7, 11) is 4.91. The van der Waals surface area contributed by atoms with Crippen molar-refractivity contribution in [3.05, 3.63) is 148 Å². The van der Waals surface area contributed by atoms with Gasteiger partial charge in [0.1, 0.15) is 24.0 Å². The van der Waals surface area contributed by atoms with Crippen molar-refractivity contribution < 1.29 is 105 Å². The van der Waals surface area contributed by atoms with Crippen LogP contribution in [-0.4, -0.2) is 334 Å². The summed E-state index contributed by atoms with van der Waals surface area (Å²) in [6.07, 6.45) is 10.4. The van der Waals surface area contributed by atoms with Crippen LogP contribution in [0.3, 0.4) is 0 Å². The fourth-order valence-electron chi connectivity index (χ4n) is 15.9. The van der Waals surface area contributed by atoms with Gasteiger partial charge in [0, 0.05) is 119 Å². The molecule has 0 bridgehead atoms. The maximum atomic E-state index is 14.1. The molecule has 1 aliphatic carbocycles. The normalized spacial score (nSPS) is 15.6. The first-order valence-corrected chi connectivity index (χ1v) is 47.2. The van der Waals surface area contributed by atoms with E-state index in [0.717, 1.165) is 84.8 Å². The van der Waals surface area contributed by atoms with Gasteiger partial charge in [-0.25, -0.2) is 14.8 Å². The summed E-state index contributed by atoms with van der Waals surface area (Å²) in [5.74, 6) is 4.65. The number of piperidine rings is 2. The van der Waals surface area contributed by atoms with Crippen molar-refractivity contribution in [3.63, 3.8) is 0 Å². The molecule has 0 radical (unpaired) electrons. The molecule has 11 rings (SSSR count). The highest BCUT2D eigenvalue weighted by atomic mass is 16.6. The Morgan fingerprint density at radius 1 is 0.603 bits per heavy atom. The van der Waals surface area contributed by atoms with Crippen LogP contribution in [0.15, 0.2) is 120 Å². The van der Waals surface area contributed by atoms with Gasteiger partial charge in [-0.3, -0.25) is 43.8 Å². The Labute approximate surface area is 794 Å². The van der Waals surface area contributed by atoms with Crippen LogP contribution in [0.1, 0.15) is 99.9 Å². The quantitative estimate of drug-likeness (QED) is 0.0142. The summed E-state index contributed by atoms with van der Waals surface area (Å²) < 4.78 is 86.5. The number of pyridine rings is 1. The molecule has 742 valence electrons. The third kappa shape index (κ3) is 35.2. The van der Waals surface area contributed by atoms with Gasteiger partial charge >= 0.3 is 6.03 Å². The van der Waals surface area contributed by atoms with Crippen molar-refractivity contribution in [1.82, 2.24) is 61.6 Å². The SMILES string of the molecule is COCCOCCOCCOCCOCCOCCOCCOCCOCCOCCOCCOCCC(=O)NCCCC[C@H](N)C(=O)NCC(=O)N[C@@H](Cc1ccccc1)C(=O)NCC(=O)NCOC[C@](OC1CC1)(c1ccccc1)c1nc(N2CCC(N3CCC(C)(NCC#Cc4ccc(OC)c(N5CCC(=O)NC5=O)c4)CC3)CC2)nc2ccc(-c3cn(C)c(=O)c4[nH]ccc34)cc12. The van der Waals surface area contributed by atoms with Crippen LogP contribution in [0, 0.1) is 11.8 Å². The Morgan fingerprint density at radius 2 is 1.19 bits per heavy atom. The van der Waals surface area contributed by atoms with Crippen molar-refractivity contribution in [3.8, 4) is 28.7 Å². The van der Waals surface area contributed by atoms with E-state index in [1.54, 1.807) is 50.2 Å². The Morgan fingerprint density at radius 3 is 1.79 bits per heavy atom. The van der Waals surface area contributed by atoms with Gasteiger partial charge in [-0.1, -0.05) is 78.6 Å². The van der Waals surface area contributed by atoms with E-state index in [1.165, 1.54) is 4.90 Å². The van der Waals surface area contributed by atoms with E-state index in [0.29, 0.717) is 230 Å². The van der Waals surface area contributed by atoms with E-state index in [2.05, 4.69) is 76.8 Å². The first-order valence-electron chi connectivity index (χ1n) is 47.2. The van der Waals surface area contributed by atoms with Crippen molar-refractivity contribution >= 4 is 74.9 Å². The van der Waals surface area contributed by atoms with Crippen LogP contribution in [0.5, 0.6) is 5.75 Å². The first kappa shape index (κ1) is 106. The number of urea groups is 1. The molecule has 10 N–H and O–H groups in total. The van der Waals surface area contributed by atoms with Gasteiger partial charge in [0.15, 0.2) is 5.60 Å². The zero-order valence-corrected chi connectivity index (χ0v) is 79.0. The molecule has 3 atom stereocenters. The van der Waals surface area contributed by atoms with Crippen LogP contribution >= 0.6 is 0 Å². The van der Waals surface area contributed by atoms with Crippen LogP contribution in [-0.2, 0) is 114 Å². The molecular formula is C98H137N15O23. The molecule has 38 heteroatoms. The highest BCUT2D eigenvalue weighted by molar-refractivity contribution is 6.06. The zero-order chi connectivity index (χ0) is 95.8. The molecule has 0 unspecified atom stereocenters. The number of aromatic nitrogens is 4. The minimum atomic E-state index is -1.39. The number of H-pyrrole nitrogens is 1. The molecule has 0 spiro atoms. The Hall–Kier alpha value is -10.5. The average Bonchev–Trinajstić information content (AvgIpc) is 1.12. The molecule has 4 aromatic carbocycles. The third-order valence-corrected chi connectivity index (χ3v) is 23.6. The van der Waals surface area contributed by atoms with Gasteiger partial charge in [0.05, 0.1) is 214 Å². The van der Waals surface area contributed by atoms with Crippen LogP contribution < -0.4 is 63.0 Å². The second-order valence-corrected chi connectivity index (χ2v) is 33.7. The molecule has 3 aromatic heterocycles. The maximum Gasteiger partial charge on any atom is 0.328 e. The number of hydrogen-bond donors (Lipinski definition) is 9. The lowest BCUT2D eigenvalue weighted by atomic mass is 9.87. The number of benzene rings is 4. The Bertz CT molecular complexity index is 4970. The average molecular weight is 1890 g/mol. The second-order valence-electron chi connectivity index (χ2n) is 33.7.